The molecule has 1 fully saturated rings. The summed E-state index contributed by atoms with van der Waals surface area (Å²) in [5.74, 6) is 0.337. The van der Waals surface area contributed by atoms with Crippen LogP contribution in [0.15, 0.2) is 24.3 Å². The monoisotopic (exact) mass is 292 g/mol. The second-order valence-electron chi connectivity index (χ2n) is 5.41. The van der Waals surface area contributed by atoms with E-state index in [-0.39, 0.29) is 17.8 Å². The maximum atomic E-state index is 12.3. The molecule has 0 spiro atoms. The van der Waals surface area contributed by atoms with Crippen LogP contribution in [0.4, 0.5) is 16.2 Å². The molecule has 21 heavy (non-hydrogen) atoms. The zero-order chi connectivity index (χ0) is 15.4. The third-order valence-electron chi connectivity index (χ3n) is 3.90. The Morgan fingerprint density at radius 3 is 2.67 bits per heavy atom. The Labute approximate surface area is 123 Å². The molecule has 1 heterocycles. The van der Waals surface area contributed by atoms with Crippen molar-refractivity contribution in [1.29, 1.82) is 0 Å². The number of carbonyl (C=O) groups excluding carboxylic acids is 1. The van der Waals surface area contributed by atoms with Crippen molar-refractivity contribution in [3.05, 3.63) is 34.4 Å². The minimum atomic E-state index is -0.468. The van der Waals surface area contributed by atoms with Crippen molar-refractivity contribution >= 4 is 17.4 Å². The Morgan fingerprint density at radius 1 is 1.43 bits per heavy atom. The standard InChI is InChI=1S/C14H20N4O3/c1-10-2-3-11(8-15)9-17(10)14(19)16-12-4-6-13(7-5-12)18(20)21/h4-7,10-11H,2-3,8-9,15H2,1H3,(H,16,19). The average molecular weight is 292 g/mol. The largest absolute Gasteiger partial charge is 0.330 e. The molecule has 0 aromatic heterocycles. The van der Waals surface area contributed by atoms with Crippen LogP contribution in [-0.4, -0.2) is 35.0 Å². The summed E-state index contributed by atoms with van der Waals surface area (Å²) in [5.41, 5.74) is 6.24. The van der Waals surface area contributed by atoms with Crippen LogP contribution in [0.2, 0.25) is 0 Å². The predicted molar refractivity (Wildman–Crippen MR) is 80.1 cm³/mol. The van der Waals surface area contributed by atoms with Gasteiger partial charge < -0.3 is 16.0 Å². The van der Waals surface area contributed by atoms with Crippen LogP contribution < -0.4 is 11.1 Å². The second-order valence-corrected chi connectivity index (χ2v) is 5.41. The zero-order valence-corrected chi connectivity index (χ0v) is 12.0. The van der Waals surface area contributed by atoms with Gasteiger partial charge in [-0.2, -0.15) is 0 Å². The maximum absolute atomic E-state index is 12.3. The van der Waals surface area contributed by atoms with E-state index in [9.17, 15) is 14.9 Å². The molecular weight excluding hydrogens is 272 g/mol. The van der Waals surface area contributed by atoms with Crippen LogP contribution in [0, 0.1) is 16.0 Å². The van der Waals surface area contributed by atoms with Crippen LogP contribution in [-0.2, 0) is 0 Å². The van der Waals surface area contributed by atoms with Gasteiger partial charge in [-0.05, 0) is 44.4 Å². The van der Waals surface area contributed by atoms with E-state index in [2.05, 4.69) is 5.32 Å². The van der Waals surface area contributed by atoms with E-state index >= 15 is 0 Å². The van der Waals surface area contributed by atoms with Gasteiger partial charge in [0.2, 0.25) is 0 Å². The number of nitrogens with zero attached hydrogens (tertiary/aromatic N) is 2. The molecule has 3 N–H and O–H groups in total. The van der Waals surface area contributed by atoms with Gasteiger partial charge in [0.25, 0.3) is 5.69 Å². The topological polar surface area (TPSA) is 102 Å². The van der Waals surface area contributed by atoms with Gasteiger partial charge in [0.15, 0.2) is 0 Å². The minimum Gasteiger partial charge on any atom is -0.330 e. The molecule has 114 valence electrons. The van der Waals surface area contributed by atoms with E-state index in [1.807, 2.05) is 6.92 Å². The summed E-state index contributed by atoms with van der Waals surface area (Å²) in [4.78, 5) is 24.2. The number of non-ortho nitro benzene ring substituents is 1. The van der Waals surface area contributed by atoms with E-state index in [0.717, 1.165) is 12.8 Å². The number of hydrogen-bond acceptors (Lipinski definition) is 4. The SMILES string of the molecule is CC1CCC(CN)CN1C(=O)Nc1ccc([N+](=O)[O-])cc1. The van der Waals surface area contributed by atoms with Crippen molar-refractivity contribution in [2.24, 2.45) is 11.7 Å². The Balaban J connectivity index is 2.01. The normalized spacial score (nSPS) is 21.9. The van der Waals surface area contributed by atoms with Crippen LogP contribution in [0.3, 0.4) is 0 Å². The molecule has 1 aromatic carbocycles. The highest BCUT2D eigenvalue weighted by atomic mass is 16.6. The van der Waals surface area contributed by atoms with Crippen molar-refractivity contribution in [2.45, 2.75) is 25.8 Å². The van der Waals surface area contributed by atoms with Crippen molar-refractivity contribution in [1.82, 2.24) is 4.90 Å². The van der Waals surface area contributed by atoms with Gasteiger partial charge >= 0.3 is 6.03 Å². The molecule has 2 atom stereocenters. The third kappa shape index (κ3) is 3.69. The van der Waals surface area contributed by atoms with E-state index in [1.165, 1.54) is 24.3 Å². The second kappa shape index (κ2) is 6.53. The van der Waals surface area contributed by atoms with Gasteiger partial charge in [-0.25, -0.2) is 4.79 Å². The lowest BCUT2D eigenvalue weighted by Gasteiger charge is -2.37. The number of urea groups is 1. The minimum absolute atomic E-state index is 0.00235. The van der Waals surface area contributed by atoms with E-state index in [1.54, 1.807) is 4.90 Å². The molecule has 0 saturated carbocycles. The number of benzene rings is 1. The summed E-state index contributed by atoms with van der Waals surface area (Å²) < 4.78 is 0. The lowest BCUT2D eigenvalue weighted by molar-refractivity contribution is -0.384. The number of rotatable bonds is 3. The van der Waals surface area contributed by atoms with Crippen LogP contribution >= 0.6 is 0 Å². The summed E-state index contributed by atoms with van der Waals surface area (Å²) in [6, 6.07) is 5.80. The number of carbonyl (C=O) groups is 1. The summed E-state index contributed by atoms with van der Waals surface area (Å²) >= 11 is 0. The predicted octanol–water partition coefficient (Wildman–Crippen LogP) is 2.19. The lowest BCUT2D eigenvalue weighted by Crippen LogP contribution is -2.48. The molecule has 0 aliphatic carbocycles. The van der Waals surface area contributed by atoms with Crippen molar-refractivity contribution in [2.75, 3.05) is 18.4 Å². The molecular formula is C14H20N4O3. The van der Waals surface area contributed by atoms with Crippen LogP contribution in [0.1, 0.15) is 19.8 Å². The first-order chi connectivity index (χ1) is 10.0. The fourth-order valence-electron chi connectivity index (χ4n) is 2.52. The van der Waals surface area contributed by atoms with Gasteiger partial charge in [0.05, 0.1) is 4.92 Å². The molecule has 1 saturated heterocycles. The van der Waals surface area contributed by atoms with Crippen molar-refractivity contribution in [3.63, 3.8) is 0 Å². The zero-order valence-electron chi connectivity index (χ0n) is 12.0. The van der Waals surface area contributed by atoms with E-state index in [4.69, 9.17) is 5.73 Å². The van der Waals surface area contributed by atoms with Gasteiger partial charge in [-0.1, -0.05) is 0 Å². The van der Waals surface area contributed by atoms with Crippen LogP contribution in [0.25, 0.3) is 0 Å². The first-order valence-corrected chi connectivity index (χ1v) is 7.03. The quantitative estimate of drug-likeness (QED) is 0.658. The summed E-state index contributed by atoms with van der Waals surface area (Å²) in [7, 11) is 0. The Hall–Kier alpha value is -2.15. The molecule has 1 aromatic rings. The molecule has 2 unspecified atom stereocenters. The highest BCUT2D eigenvalue weighted by Gasteiger charge is 2.28. The van der Waals surface area contributed by atoms with E-state index in [0.29, 0.717) is 24.7 Å². The van der Waals surface area contributed by atoms with Gasteiger partial charge in [-0.15, -0.1) is 0 Å². The number of anilines is 1. The maximum Gasteiger partial charge on any atom is 0.322 e. The van der Waals surface area contributed by atoms with E-state index < -0.39 is 4.92 Å². The fourth-order valence-corrected chi connectivity index (χ4v) is 2.52. The number of nitro groups is 1. The molecule has 0 radical (unpaired) electrons. The Bertz CT molecular complexity index is 517. The highest BCUT2D eigenvalue weighted by molar-refractivity contribution is 5.89. The first kappa shape index (κ1) is 15.2. The summed E-state index contributed by atoms with van der Waals surface area (Å²) in [6.45, 7) is 3.24. The number of nitrogens with one attached hydrogen (secondary N) is 1. The number of nitrogens with two attached hydrogens (primary N) is 1. The van der Waals surface area contributed by atoms with Gasteiger partial charge in [0, 0.05) is 30.4 Å². The summed E-state index contributed by atoms with van der Waals surface area (Å²) in [5, 5.41) is 13.4. The number of piperidine rings is 1. The molecule has 7 heteroatoms. The molecule has 2 rings (SSSR count). The van der Waals surface area contributed by atoms with Crippen molar-refractivity contribution in [3.8, 4) is 0 Å². The average Bonchev–Trinajstić information content (AvgIpc) is 2.48. The highest BCUT2D eigenvalue weighted by Crippen LogP contribution is 2.22. The number of likely N-dealkylation sites (tertiary alicyclic amines) is 1. The summed E-state index contributed by atoms with van der Waals surface area (Å²) in [6.07, 6.45) is 1.98. The molecule has 0 bridgehead atoms. The number of amides is 2. The van der Waals surface area contributed by atoms with Crippen molar-refractivity contribution < 1.29 is 9.72 Å². The smallest absolute Gasteiger partial charge is 0.322 e. The molecule has 1 aliphatic rings. The lowest BCUT2D eigenvalue weighted by atomic mass is 9.94. The van der Waals surface area contributed by atoms with Crippen LogP contribution in [0.5, 0.6) is 0 Å². The fraction of sp³-hybridized carbons (Fsp3) is 0.500. The van der Waals surface area contributed by atoms with Gasteiger partial charge in [0.1, 0.15) is 0 Å². The number of nitro benzene ring substituents is 1. The van der Waals surface area contributed by atoms with Gasteiger partial charge in [-0.3, -0.25) is 10.1 Å². The first-order valence-electron chi connectivity index (χ1n) is 7.03. The number of hydrogen-bond donors (Lipinski definition) is 2. The Morgan fingerprint density at radius 2 is 2.10 bits per heavy atom. The Kier molecular flexibility index (Phi) is 4.74. The molecule has 1 aliphatic heterocycles. The molecule has 7 nitrogen and oxygen atoms in total. The third-order valence-corrected chi connectivity index (χ3v) is 3.90. The molecule has 2 amide bonds.